The standard InChI is InChI=1S/C16H15Cl2N3O2/c1-23-15-5-3-2-4-14(15)19-10-16(22)21-20-9-11-6-7-12(17)8-13(11)18/h2-9,19H,10H2,1H3,(H,21,22)/b20-9-. The summed E-state index contributed by atoms with van der Waals surface area (Å²) in [6.07, 6.45) is 1.46. The molecule has 2 aromatic carbocycles. The lowest BCUT2D eigenvalue weighted by atomic mass is 10.2. The first kappa shape index (κ1) is 17.1. The van der Waals surface area contributed by atoms with Gasteiger partial charge in [0.25, 0.3) is 5.91 Å². The van der Waals surface area contributed by atoms with E-state index in [0.717, 1.165) is 5.69 Å². The highest BCUT2D eigenvalue weighted by atomic mass is 35.5. The van der Waals surface area contributed by atoms with Crippen LogP contribution in [0.1, 0.15) is 5.56 Å². The molecule has 7 heteroatoms. The number of nitrogens with one attached hydrogen (secondary N) is 2. The lowest BCUT2D eigenvalue weighted by Crippen LogP contribution is -2.26. The van der Waals surface area contributed by atoms with Crippen LogP contribution in [0.3, 0.4) is 0 Å². The molecule has 0 saturated heterocycles. The molecule has 0 aliphatic heterocycles. The van der Waals surface area contributed by atoms with Gasteiger partial charge >= 0.3 is 0 Å². The molecule has 0 radical (unpaired) electrons. The maximum Gasteiger partial charge on any atom is 0.259 e. The zero-order valence-electron chi connectivity index (χ0n) is 12.3. The fourth-order valence-corrected chi connectivity index (χ4v) is 2.24. The largest absolute Gasteiger partial charge is 0.495 e. The van der Waals surface area contributed by atoms with Gasteiger partial charge in [0, 0.05) is 10.6 Å². The summed E-state index contributed by atoms with van der Waals surface area (Å²) >= 11 is 11.8. The minimum Gasteiger partial charge on any atom is -0.495 e. The van der Waals surface area contributed by atoms with E-state index < -0.39 is 0 Å². The van der Waals surface area contributed by atoms with Crippen molar-refractivity contribution < 1.29 is 9.53 Å². The number of halogens is 2. The average Bonchev–Trinajstić information content (AvgIpc) is 2.55. The second kappa shape index (κ2) is 8.41. The third kappa shape index (κ3) is 5.16. The molecule has 0 saturated carbocycles. The number of anilines is 1. The summed E-state index contributed by atoms with van der Waals surface area (Å²) in [6.45, 7) is 0.0616. The smallest absolute Gasteiger partial charge is 0.259 e. The normalized spacial score (nSPS) is 10.6. The van der Waals surface area contributed by atoms with Crippen molar-refractivity contribution in [2.45, 2.75) is 0 Å². The zero-order valence-corrected chi connectivity index (χ0v) is 13.9. The number of ether oxygens (including phenoxy) is 1. The van der Waals surface area contributed by atoms with Crippen molar-refractivity contribution >= 4 is 41.0 Å². The Morgan fingerprint density at radius 1 is 1.26 bits per heavy atom. The van der Waals surface area contributed by atoms with Gasteiger partial charge in [-0.3, -0.25) is 4.79 Å². The molecule has 0 unspecified atom stereocenters. The highest BCUT2D eigenvalue weighted by molar-refractivity contribution is 6.36. The van der Waals surface area contributed by atoms with Crippen molar-refractivity contribution in [3.8, 4) is 5.75 Å². The van der Waals surface area contributed by atoms with E-state index in [-0.39, 0.29) is 12.5 Å². The van der Waals surface area contributed by atoms with E-state index in [9.17, 15) is 4.79 Å². The van der Waals surface area contributed by atoms with Gasteiger partial charge in [-0.05, 0) is 24.3 Å². The number of benzene rings is 2. The number of carbonyl (C=O) groups is 1. The number of amides is 1. The van der Waals surface area contributed by atoms with Crippen LogP contribution in [0.2, 0.25) is 10.0 Å². The quantitative estimate of drug-likeness (QED) is 0.617. The number of methoxy groups -OCH3 is 1. The molecule has 0 heterocycles. The fourth-order valence-electron chi connectivity index (χ4n) is 1.79. The van der Waals surface area contributed by atoms with Crippen LogP contribution in [0, 0.1) is 0 Å². The fraction of sp³-hybridized carbons (Fsp3) is 0.125. The van der Waals surface area contributed by atoms with E-state index in [4.69, 9.17) is 27.9 Å². The van der Waals surface area contributed by atoms with E-state index >= 15 is 0 Å². The molecule has 0 atom stereocenters. The summed E-state index contributed by atoms with van der Waals surface area (Å²) in [6, 6.07) is 12.3. The molecule has 2 rings (SSSR count). The molecule has 0 aliphatic carbocycles. The third-order valence-electron chi connectivity index (χ3n) is 2.90. The predicted octanol–water partition coefficient (Wildman–Crippen LogP) is 3.56. The minimum atomic E-state index is -0.294. The molecule has 0 spiro atoms. The number of rotatable bonds is 6. The Hall–Kier alpha value is -2.24. The Morgan fingerprint density at radius 2 is 2.04 bits per heavy atom. The molecule has 1 amide bonds. The van der Waals surface area contributed by atoms with E-state index in [0.29, 0.717) is 21.4 Å². The molecule has 0 aliphatic rings. The highest BCUT2D eigenvalue weighted by Crippen LogP contribution is 2.22. The number of carbonyl (C=O) groups excluding carboxylic acids is 1. The Kier molecular flexibility index (Phi) is 6.26. The summed E-state index contributed by atoms with van der Waals surface area (Å²) in [4.78, 5) is 11.8. The third-order valence-corrected chi connectivity index (χ3v) is 3.46. The maximum atomic E-state index is 11.8. The zero-order chi connectivity index (χ0) is 16.7. The number of hydrogen-bond donors (Lipinski definition) is 2. The van der Waals surface area contributed by atoms with E-state index in [1.807, 2.05) is 18.2 Å². The first-order valence-corrected chi connectivity index (χ1v) is 7.49. The second-order valence-corrected chi connectivity index (χ2v) is 5.36. The van der Waals surface area contributed by atoms with Gasteiger partial charge in [0.15, 0.2) is 0 Å². The molecule has 5 nitrogen and oxygen atoms in total. The van der Waals surface area contributed by atoms with Crippen molar-refractivity contribution in [1.29, 1.82) is 0 Å². The maximum absolute atomic E-state index is 11.8. The Morgan fingerprint density at radius 3 is 2.78 bits per heavy atom. The highest BCUT2D eigenvalue weighted by Gasteiger charge is 2.04. The predicted molar refractivity (Wildman–Crippen MR) is 93.7 cm³/mol. The van der Waals surface area contributed by atoms with Crippen LogP contribution in [0.5, 0.6) is 5.75 Å². The molecular weight excluding hydrogens is 337 g/mol. The Bertz CT molecular complexity index is 720. The summed E-state index contributed by atoms with van der Waals surface area (Å²) in [5.74, 6) is 0.369. The SMILES string of the molecule is COc1ccccc1NCC(=O)N/N=C\c1ccc(Cl)cc1Cl. The summed E-state index contributed by atoms with van der Waals surface area (Å²) in [7, 11) is 1.57. The van der Waals surface area contributed by atoms with Crippen LogP contribution in [0.25, 0.3) is 0 Å². The lowest BCUT2D eigenvalue weighted by molar-refractivity contribution is -0.119. The van der Waals surface area contributed by atoms with Crippen molar-refractivity contribution in [3.05, 3.63) is 58.1 Å². The first-order chi connectivity index (χ1) is 11.1. The average molecular weight is 352 g/mol. The van der Waals surface area contributed by atoms with Gasteiger partial charge in [0.1, 0.15) is 5.75 Å². The van der Waals surface area contributed by atoms with E-state index in [1.165, 1.54) is 6.21 Å². The monoisotopic (exact) mass is 351 g/mol. The molecule has 0 bridgehead atoms. The number of hydrogen-bond acceptors (Lipinski definition) is 4. The van der Waals surface area contributed by atoms with Crippen molar-refractivity contribution in [3.63, 3.8) is 0 Å². The van der Waals surface area contributed by atoms with Crippen LogP contribution in [-0.2, 0) is 4.79 Å². The Balaban J connectivity index is 1.86. The summed E-state index contributed by atoms with van der Waals surface area (Å²) in [5.41, 5.74) is 3.81. The van der Waals surface area contributed by atoms with Gasteiger partial charge in [-0.2, -0.15) is 5.10 Å². The molecular formula is C16H15Cl2N3O2. The molecule has 2 aromatic rings. The summed E-state index contributed by atoms with van der Waals surface area (Å²) in [5, 5.41) is 7.84. The number of para-hydroxylation sites is 2. The van der Waals surface area contributed by atoms with E-state index in [1.54, 1.807) is 31.4 Å². The van der Waals surface area contributed by atoms with Gasteiger partial charge < -0.3 is 10.1 Å². The molecule has 23 heavy (non-hydrogen) atoms. The molecule has 0 aromatic heterocycles. The lowest BCUT2D eigenvalue weighted by Gasteiger charge is -2.09. The van der Waals surface area contributed by atoms with Crippen molar-refractivity contribution in [1.82, 2.24) is 5.43 Å². The minimum absolute atomic E-state index is 0.0616. The van der Waals surface area contributed by atoms with Crippen molar-refractivity contribution in [2.75, 3.05) is 19.0 Å². The number of nitrogens with zero attached hydrogens (tertiary/aromatic N) is 1. The Labute approximate surface area is 144 Å². The summed E-state index contributed by atoms with van der Waals surface area (Å²) < 4.78 is 5.19. The van der Waals surface area contributed by atoms with Gasteiger partial charge in [-0.15, -0.1) is 0 Å². The number of hydrazone groups is 1. The van der Waals surface area contributed by atoms with Crippen LogP contribution in [0.4, 0.5) is 5.69 Å². The van der Waals surface area contributed by atoms with Gasteiger partial charge in [-0.25, -0.2) is 5.43 Å². The molecule has 0 fully saturated rings. The van der Waals surface area contributed by atoms with Gasteiger partial charge in [-0.1, -0.05) is 41.4 Å². The topological polar surface area (TPSA) is 62.7 Å². The van der Waals surface area contributed by atoms with Gasteiger partial charge in [0.2, 0.25) is 0 Å². The van der Waals surface area contributed by atoms with Gasteiger partial charge in [0.05, 0.1) is 30.6 Å². The van der Waals surface area contributed by atoms with Crippen molar-refractivity contribution in [2.24, 2.45) is 5.10 Å². The second-order valence-electron chi connectivity index (χ2n) is 4.51. The van der Waals surface area contributed by atoms with Crippen LogP contribution >= 0.6 is 23.2 Å². The first-order valence-electron chi connectivity index (χ1n) is 6.74. The molecule has 120 valence electrons. The van der Waals surface area contributed by atoms with E-state index in [2.05, 4.69) is 15.8 Å². The molecule has 2 N–H and O–H groups in total. The van der Waals surface area contributed by atoms with Crippen LogP contribution < -0.4 is 15.5 Å². The van der Waals surface area contributed by atoms with Crippen LogP contribution in [-0.4, -0.2) is 25.8 Å². The van der Waals surface area contributed by atoms with Crippen LogP contribution in [0.15, 0.2) is 47.6 Å².